The summed E-state index contributed by atoms with van der Waals surface area (Å²) in [6.45, 7) is 4.67. The lowest BCUT2D eigenvalue weighted by Crippen LogP contribution is -2.29. The highest BCUT2D eigenvalue weighted by Gasteiger charge is 2.26. The van der Waals surface area contributed by atoms with Crippen LogP contribution >= 0.6 is 15.9 Å². The maximum Gasteiger partial charge on any atom is 0.322 e. The van der Waals surface area contributed by atoms with Crippen molar-refractivity contribution in [2.75, 3.05) is 6.61 Å². The summed E-state index contributed by atoms with van der Waals surface area (Å²) in [6.07, 6.45) is 0. The summed E-state index contributed by atoms with van der Waals surface area (Å²) in [5, 5.41) is 8.49. The lowest BCUT2D eigenvalue weighted by molar-refractivity contribution is -0.151. The first-order valence-corrected chi connectivity index (χ1v) is 4.63. The van der Waals surface area contributed by atoms with Crippen LogP contribution in [0, 0.1) is 5.92 Å². The third kappa shape index (κ3) is 4.87. The maximum absolute atomic E-state index is 11.1. The van der Waals surface area contributed by atoms with Gasteiger partial charge in [-0.1, -0.05) is 15.9 Å². The maximum atomic E-state index is 11.1. The van der Waals surface area contributed by atoms with Gasteiger partial charge in [0.25, 0.3) is 0 Å². The van der Waals surface area contributed by atoms with Crippen LogP contribution in [0.4, 0.5) is 0 Å². The van der Waals surface area contributed by atoms with Crippen LogP contribution < -0.4 is 0 Å². The van der Waals surface area contributed by atoms with E-state index in [1.807, 2.05) is 0 Å². The molecule has 5 heteroatoms. The number of aliphatic carboxylic acids is 1. The zero-order valence-corrected chi connectivity index (χ0v) is 9.42. The molecule has 0 saturated carbocycles. The number of hydrogen-bond donors (Lipinski definition) is 1. The Balaban J connectivity index is 3.91. The predicted octanol–water partition coefficient (Wildman–Crippen LogP) is 1.42. The van der Waals surface area contributed by atoms with E-state index in [-0.39, 0.29) is 6.61 Å². The summed E-state index contributed by atoms with van der Waals surface area (Å²) in [5.41, 5.74) is 0. The molecule has 0 aromatic heterocycles. The second-order valence-electron chi connectivity index (χ2n) is 3.31. The van der Waals surface area contributed by atoms with Gasteiger partial charge in [0.15, 0.2) is 0 Å². The largest absolute Gasteiger partial charge is 0.481 e. The first kappa shape index (κ1) is 12.4. The highest BCUT2D eigenvalue weighted by atomic mass is 79.9. The van der Waals surface area contributed by atoms with Gasteiger partial charge in [-0.3, -0.25) is 9.59 Å². The van der Waals surface area contributed by atoms with Crippen molar-refractivity contribution < 1.29 is 19.4 Å². The van der Waals surface area contributed by atoms with Crippen LogP contribution in [0.1, 0.15) is 20.8 Å². The normalized spacial score (nSPS) is 13.5. The number of hydrogen-bond acceptors (Lipinski definition) is 3. The number of carbonyl (C=O) groups is 2. The number of alkyl halides is 1. The van der Waals surface area contributed by atoms with Crippen molar-refractivity contribution >= 4 is 27.9 Å². The van der Waals surface area contributed by atoms with Crippen LogP contribution in [0.15, 0.2) is 0 Å². The zero-order valence-electron chi connectivity index (χ0n) is 7.83. The van der Waals surface area contributed by atoms with E-state index in [4.69, 9.17) is 9.84 Å². The zero-order chi connectivity index (χ0) is 10.6. The summed E-state index contributed by atoms with van der Waals surface area (Å²) in [4.78, 5) is 21.5. The molecule has 0 heterocycles. The summed E-state index contributed by atoms with van der Waals surface area (Å²) in [6, 6.07) is 0. The van der Waals surface area contributed by atoms with Crippen LogP contribution in [-0.2, 0) is 14.3 Å². The number of rotatable bonds is 4. The number of carboxylic acids is 1. The van der Waals surface area contributed by atoms with Gasteiger partial charge in [0.2, 0.25) is 0 Å². The van der Waals surface area contributed by atoms with Crippen molar-refractivity contribution in [1.82, 2.24) is 0 Å². The molecule has 0 fully saturated rings. The van der Waals surface area contributed by atoms with Crippen molar-refractivity contribution in [2.45, 2.75) is 25.1 Å². The fraction of sp³-hybridized carbons (Fsp3) is 0.750. The summed E-state index contributed by atoms with van der Waals surface area (Å²) in [7, 11) is 0. The smallest absolute Gasteiger partial charge is 0.322 e. The third-order valence-corrected chi connectivity index (χ3v) is 1.70. The van der Waals surface area contributed by atoms with Gasteiger partial charge in [-0.15, -0.1) is 0 Å². The van der Waals surface area contributed by atoms with E-state index >= 15 is 0 Å². The molecular formula is C8H13BrO4. The van der Waals surface area contributed by atoms with Gasteiger partial charge >= 0.3 is 11.9 Å². The molecule has 0 aromatic carbocycles. The quantitative estimate of drug-likeness (QED) is 0.608. The fourth-order valence-corrected chi connectivity index (χ4v) is 0.558. The van der Waals surface area contributed by atoms with Crippen molar-refractivity contribution in [3.8, 4) is 0 Å². The molecule has 0 bridgehead atoms. The van der Waals surface area contributed by atoms with E-state index in [1.54, 1.807) is 13.8 Å². The lowest BCUT2D eigenvalue weighted by Gasteiger charge is -2.15. The Kier molecular flexibility index (Phi) is 4.39. The molecule has 13 heavy (non-hydrogen) atoms. The van der Waals surface area contributed by atoms with Crippen LogP contribution in [0.3, 0.4) is 0 Å². The molecule has 0 radical (unpaired) electrons. The second-order valence-corrected chi connectivity index (χ2v) is 5.29. The second kappa shape index (κ2) is 4.60. The van der Waals surface area contributed by atoms with E-state index in [9.17, 15) is 9.59 Å². The molecular weight excluding hydrogens is 240 g/mol. The van der Waals surface area contributed by atoms with E-state index in [0.29, 0.717) is 0 Å². The number of carboxylic acid groups (broad SMARTS) is 1. The van der Waals surface area contributed by atoms with E-state index in [1.165, 1.54) is 6.92 Å². The third-order valence-electron chi connectivity index (χ3n) is 1.37. The Hall–Kier alpha value is -0.580. The Morgan fingerprint density at radius 3 is 2.31 bits per heavy atom. The minimum atomic E-state index is -0.972. The van der Waals surface area contributed by atoms with Crippen LogP contribution in [0.5, 0.6) is 0 Å². The van der Waals surface area contributed by atoms with Gasteiger partial charge in [-0.25, -0.2) is 0 Å². The van der Waals surface area contributed by atoms with Crippen LogP contribution in [0.2, 0.25) is 0 Å². The van der Waals surface area contributed by atoms with E-state index in [2.05, 4.69) is 15.9 Å². The molecule has 0 amide bonds. The van der Waals surface area contributed by atoms with Gasteiger partial charge < -0.3 is 9.84 Å². The van der Waals surface area contributed by atoms with Crippen LogP contribution in [-0.4, -0.2) is 28.0 Å². The first-order chi connectivity index (χ1) is 5.75. The van der Waals surface area contributed by atoms with Gasteiger partial charge in [0, 0.05) is 0 Å². The predicted molar refractivity (Wildman–Crippen MR) is 50.8 cm³/mol. The SMILES string of the molecule is CC(COC(=O)C(C)(C)Br)C(=O)O. The fourth-order valence-electron chi connectivity index (χ4n) is 0.444. The minimum Gasteiger partial charge on any atom is -0.481 e. The van der Waals surface area contributed by atoms with Gasteiger partial charge in [0.1, 0.15) is 10.9 Å². The minimum absolute atomic E-state index is 0.0941. The standard InChI is InChI=1S/C8H13BrO4/c1-5(6(10)11)4-13-7(12)8(2,3)9/h5H,4H2,1-3H3,(H,10,11). The van der Waals surface area contributed by atoms with Crippen molar-refractivity contribution in [1.29, 1.82) is 0 Å². The molecule has 1 N–H and O–H groups in total. The molecule has 0 saturated heterocycles. The lowest BCUT2D eigenvalue weighted by atomic mass is 10.2. The molecule has 0 rings (SSSR count). The average molecular weight is 253 g/mol. The van der Waals surface area contributed by atoms with Gasteiger partial charge in [-0.05, 0) is 20.8 Å². The molecule has 1 atom stereocenters. The Morgan fingerprint density at radius 2 is 2.00 bits per heavy atom. The highest BCUT2D eigenvalue weighted by molar-refractivity contribution is 9.10. The summed E-state index contributed by atoms with van der Waals surface area (Å²) in [5.74, 6) is -2.10. The van der Waals surface area contributed by atoms with Gasteiger partial charge in [-0.2, -0.15) is 0 Å². The Labute approximate surface area is 85.4 Å². The Bertz CT molecular complexity index is 207. The van der Waals surface area contributed by atoms with Gasteiger partial charge in [0.05, 0.1) is 5.92 Å². The first-order valence-electron chi connectivity index (χ1n) is 3.84. The van der Waals surface area contributed by atoms with Crippen molar-refractivity contribution in [2.24, 2.45) is 5.92 Å². The topological polar surface area (TPSA) is 63.6 Å². The summed E-state index contributed by atoms with van der Waals surface area (Å²) < 4.78 is 4.00. The van der Waals surface area contributed by atoms with E-state index < -0.39 is 22.2 Å². The number of carbonyl (C=O) groups excluding carboxylic acids is 1. The average Bonchev–Trinajstić information content (AvgIpc) is 1.97. The molecule has 1 unspecified atom stereocenters. The highest BCUT2D eigenvalue weighted by Crippen LogP contribution is 2.17. The number of esters is 1. The molecule has 0 aromatic rings. The monoisotopic (exact) mass is 252 g/mol. The molecule has 0 aliphatic heterocycles. The molecule has 0 aliphatic carbocycles. The van der Waals surface area contributed by atoms with Crippen LogP contribution in [0.25, 0.3) is 0 Å². The van der Waals surface area contributed by atoms with Crippen molar-refractivity contribution in [3.05, 3.63) is 0 Å². The molecule has 76 valence electrons. The Morgan fingerprint density at radius 1 is 1.54 bits per heavy atom. The molecule has 0 spiro atoms. The number of ether oxygens (including phenoxy) is 1. The molecule has 0 aliphatic rings. The summed E-state index contributed by atoms with van der Waals surface area (Å²) >= 11 is 3.11. The van der Waals surface area contributed by atoms with Crippen molar-refractivity contribution in [3.63, 3.8) is 0 Å². The number of halogens is 1. The van der Waals surface area contributed by atoms with E-state index in [0.717, 1.165) is 0 Å². The molecule has 4 nitrogen and oxygen atoms in total.